The Bertz CT molecular complexity index is 665. The number of nitrogens with one attached hydrogen (secondary N) is 12. The number of rotatable bonds is 21. The van der Waals surface area contributed by atoms with Crippen LogP contribution in [0, 0.1) is 0 Å². The third-order valence-corrected chi connectivity index (χ3v) is 10.8. The fourth-order valence-corrected chi connectivity index (χ4v) is 7.32. The van der Waals surface area contributed by atoms with Gasteiger partial charge in [0.05, 0.1) is 0 Å². The number of hydrogen-bond donors (Lipinski definition) is 12. The molecule has 55 heavy (non-hydrogen) atoms. The molecule has 0 bridgehead atoms. The van der Waals surface area contributed by atoms with E-state index in [1.165, 1.54) is 19.3 Å². The van der Waals surface area contributed by atoms with Gasteiger partial charge in [-0.1, -0.05) is 0 Å². The molecule has 0 unspecified atom stereocenters. The van der Waals surface area contributed by atoms with Crippen molar-refractivity contribution in [1.82, 2.24) is 83.4 Å². The highest BCUT2D eigenvalue weighted by Gasteiger charge is 2.10. The van der Waals surface area contributed by atoms with Crippen LogP contribution in [0.4, 0.5) is 0 Å². The van der Waals surface area contributed by atoms with E-state index < -0.39 is 0 Å². The van der Waals surface area contributed by atoms with E-state index in [0.29, 0.717) is 0 Å². The quantitative estimate of drug-likeness (QED) is 0.0506. The molecule has 3 fully saturated rings. The molecule has 16 nitrogen and oxygen atoms in total. The molecule has 0 amide bonds. The van der Waals surface area contributed by atoms with Crippen LogP contribution in [0.5, 0.6) is 0 Å². The summed E-state index contributed by atoms with van der Waals surface area (Å²) in [4.78, 5) is 10.5. The van der Waals surface area contributed by atoms with E-state index in [1.54, 1.807) is 0 Å². The molecule has 16 heteroatoms. The molecule has 0 saturated carbocycles. The van der Waals surface area contributed by atoms with Crippen molar-refractivity contribution in [2.75, 3.05) is 236 Å². The van der Waals surface area contributed by atoms with Gasteiger partial charge in [0.15, 0.2) is 0 Å². The Morgan fingerprint density at radius 2 is 0.509 bits per heavy atom. The Kier molecular flexibility index (Phi) is 33.3. The first-order valence-corrected chi connectivity index (χ1v) is 22.8. The van der Waals surface area contributed by atoms with Gasteiger partial charge in [0.2, 0.25) is 0 Å². The van der Waals surface area contributed by atoms with Gasteiger partial charge in [-0.25, -0.2) is 0 Å². The maximum Gasteiger partial charge on any atom is 0.0108 e. The first kappa shape index (κ1) is 48.7. The Morgan fingerprint density at radius 1 is 0.291 bits per heavy atom. The fourth-order valence-electron chi connectivity index (χ4n) is 7.32. The van der Waals surface area contributed by atoms with Crippen LogP contribution in [0.3, 0.4) is 0 Å². The van der Waals surface area contributed by atoms with Gasteiger partial charge in [-0.05, 0) is 58.5 Å². The molecule has 0 aromatic rings. The monoisotopic (exact) mass is 783 g/mol. The second-order valence-corrected chi connectivity index (χ2v) is 15.4. The third kappa shape index (κ3) is 30.1. The van der Waals surface area contributed by atoms with Gasteiger partial charge in [-0.2, -0.15) is 0 Å². The molecule has 0 aromatic heterocycles. The van der Waals surface area contributed by atoms with Crippen LogP contribution >= 0.6 is 0 Å². The van der Waals surface area contributed by atoms with Crippen LogP contribution in [0.15, 0.2) is 0 Å². The van der Waals surface area contributed by atoms with E-state index in [9.17, 15) is 0 Å². The van der Waals surface area contributed by atoms with Crippen molar-refractivity contribution in [3.8, 4) is 0 Å². The molecule has 12 N–H and O–H groups in total. The zero-order valence-corrected chi connectivity index (χ0v) is 35.4. The number of hydrogen-bond acceptors (Lipinski definition) is 16. The SMILES string of the molecule is C(CNCCN(CCNCCCN1CCNCCNCCNCC1)CCNCCCN1CCNCCNCCNCC1)CN1CCNCCNCCNCC1. The molecule has 3 rings (SSSR count). The Labute approximate surface area is 337 Å². The molecule has 3 aliphatic heterocycles. The summed E-state index contributed by atoms with van der Waals surface area (Å²) in [5.41, 5.74) is 0. The van der Waals surface area contributed by atoms with Crippen molar-refractivity contribution in [3.05, 3.63) is 0 Å². The van der Waals surface area contributed by atoms with Gasteiger partial charge >= 0.3 is 0 Å². The van der Waals surface area contributed by atoms with Crippen LogP contribution in [0.25, 0.3) is 0 Å². The van der Waals surface area contributed by atoms with Gasteiger partial charge < -0.3 is 78.5 Å². The summed E-state index contributed by atoms with van der Waals surface area (Å²) in [6.45, 7) is 39.0. The molecule has 3 heterocycles. The lowest BCUT2D eigenvalue weighted by Gasteiger charge is -2.25. The second kappa shape index (κ2) is 37.6. The van der Waals surface area contributed by atoms with Crippen molar-refractivity contribution in [2.24, 2.45) is 0 Å². The zero-order valence-electron chi connectivity index (χ0n) is 35.4. The molecule has 0 radical (unpaired) electrons. The maximum absolute atomic E-state index is 3.78. The van der Waals surface area contributed by atoms with E-state index in [-0.39, 0.29) is 0 Å². The van der Waals surface area contributed by atoms with E-state index in [4.69, 9.17) is 0 Å². The normalized spacial score (nSPS) is 21.8. The predicted molar refractivity (Wildman–Crippen MR) is 234 cm³/mol. The maximum atomic E-state index is 3.78. The summed E-state index contributed by atoms with van der Waals surface area (Å²) < 4.78 is 0. The minimum absolute atomic E-state index is 1.05. The van der Waals surface area contributed by atoms with E-state index in [2.05, 4.69) is 83.4 Å². The van der Waals surface area contributed by atoms with E-state index in [0.717, 1.165) is 236 Å². The molecule has 0 atom stereocenters. The summed E-state index contributed by atoms with van der Waals surface area (Å²) >= 11 is 0. The predicted octanol–water partition coefficient (Wildman–Crippen LogP) is -4.52. The summed E-state index contributed by atoms with van der Waals surface area (Å²) in [5, 5.41) is 43.4. The zero-order chi connectivity index (χ0) is 38.4. The summed E-state index contributed by atoms with van der Waals surface area (Å²) in [5.74, 6) is 0. The third-order valence-electron chi connectivity index (χ3n) is 10.8. The van der Waals surface area contributed by atoms with Crippen molar-refractivity contribution < 1.29 is 0 Å². The summed E-state index contributed by atoms with van der Waals surface area (Å²) in [6, 6.07) is 0. The van der Waals surface area contributed by atoms with Crippen LogP contribution in [-0.4, -0.2) is 255 Å². The lowest BCUT2D eigenvalue weighted by atomic mass is 10.3. The molecule has 326 valence electrons. The smallest absolute Gasteiger partial charge is 0.0108 e. The molecular formula is C39H90N16. The standard InChI is InChI=1S/C39H90N16/c1(28-52-31-22-46-13-7-43-8-14-47-23-32-52)4-40-19-37-55(38-20-41-5-2-29-53-33-24-48-15-9-44-10-16-49-25-34-53)39-21-42-6-3-30-54-35-26-50-17-11-45-12-18-51-27-36-54/h40-51H,1-39H2. The topological polar surface area (TPSA) is 157 Å². The number of nitrogens with zero attached hydrogens (tertiary/aromatic N) is 4. The van der Waals surface area contributed by atoms with E-state index >= 15 is 0 Å². The highest BCUT2D eigenvalue weighted by atomic mass is 15.2. The highest BCUT2D eigenvalue weighted by molar-refractivity contribution is 4.70. The lowest BCUT2D eigenvalue weighted by molar-refractivity contribution is 0.252. The largest absolute Gasteiger partial charge is 0.315 e. The van der Waals surface area contributed by atoms with Crippen molar-refractivity contribution in [3.63, 3.8) is 0 Å². The van der Waals surface area contributed by atoms with Gasteiger partial charge in [0, 0.05) is 196 Å². The average molecular weight is 783 g/mol. The van der Waals surface area contributed by atoms with Crippen molar-refractivity contribution in [2.45, 2.75) is 19.3 Å². The first-order valence-electron chi connectivity index (χ1n) is 22.8. The van der Waals surface area contributed by atoms with Crippen LogP contribution < -0.4 is 63.8 Å². The van der Waals surface area contributed by atoms with Crippen LogP contribution in [-0.2, 0) is 0 Å². The second-order valence-electron chi connectivity index (χ2n) is 15.4. The molecule has 3 aliphatic rings. The fraction of sp³-hybridized carbons (Fsp3) is 1.00. The highest BCUT2D eigenvalue weighted by Crippen LogP contribution is 1.95. The summed E-state index contributed by atoms with van der Waals surface area (Å²) in [6.07, 6.45) is 3.60. The van der Waals surface area contributed by atoms with Crippen molar-refractivity contribution in [1.29, 1.82) is 0 Å². The average Bonchev–Trinajstić information content (AvgIpc) is 3.17. The van der Waals surface area contributed by atoms with Crippen LogP contribution in [0.2, 0.25) is 0 Å². The Morgan fingerprint density at radius 3 is 0.745 bits per heavy atom. The van der Waals surface area contributed by atoms with Gasteiger partial charge in [-0.3, -0.25) is 4.90 Å². The van der Waals surface area contributed by atoms with Crippen molar-refractivity contribution >= 4 is 0 Å². The van der Waals surface area contributed by atoms with Gasteiger partial charge in [0.1, 0.15) is 0 Å². The molecule has 0 aromatic carbocycles. The molecule has 0 spiro atoms. The molecule has 3 saturated heterocycles. The lowest BCUT2D eigenvalue weighted by Crippen LogP contribution is -2.43. The van der Waals surface area contributed by atoms with Crippen LogP contribution in [0.1, 0.15) is 19.3 Å². The molecule has 0 aliphatic carbocycles. The molecular weight excluding hydrogens is 693 g/mol. The summed E-state index contributed by atoms with van der Waals surface area (Å²) in [7, 11) is 0. The minimum Gasteiger partial charge on any atom is -0.315 e. The Balaban J connectivity index is 1.31. The minimum atomic E-state index is 1.05. The first-order chi connectivity index (χ1) is 27.4. The Hall–Kier alpha value is -0.640. The van der Waals surface area contributed by atoms with Gasteiger partial charge in [-0.15, -0.1) is 0 Å². The van der Waals surface area contributed by atoms with E-state index in [1.807, 2.05) is 0 Å². The van der Waals surface area contributed by atoms with Gasteiger partial charge in [0.25, 0.3) is 0 Å².